The second-order valence-corrected chi connectivity index (χ2v) is 3.95. The molecule has 0 bridgehead atoms. The molecular formula is C11H10Cl2N2. The molecule has 0 saturated carbocycles. The van der Waals surface area contributed by atoms with E-state index in [0.29, 0.717) is 10.9 Å². The van der Waals surface area contributed by atoms with Gasteiger partial charge < -0.3 is 0 Å². The molecule has 78 valence electrons. The first-order chi connectivity index (χ1) is 7.22. The van der Waals surface area contributed by atoms with Crippen LogP contribution in [0.15, 0.2) is 30.5 Å². The molecule has 2 aromatic rings. The first-order valence-electron chi connectivity index (χ1n) is 4.58. The van der Waals surface area contributed by atoms with Gasteiger partial charge in [-0.25, -0.2) is 4.68 Å². The molecule has 4 heteroatoms. The van der Waals surface area contributed by atoms with Crippen molar-refractivity contribution in [2.75, 3.05) is 0 Å². The van der Waals surface area contributed by atoms with Gasteiger partial charge in [0.25, 0.3) is 0 Å². The van der Waals surface area contributed by atoms with Gasteiger partial charge in [-0.3, -0.25) is 0 Å². The summed E-state index contributed by atoms with van der Waals surface area (Å²) in [6.07, 6.45) is 1.90. The highest BCUT2D eigenvalue weighted by atomic mass is 35.5. The van der Waals surface area contributed by atoms with Gasteiger partial charge in [-0.2, -0.15) is 5.10 Å². The van der Waals surface area contributed by atoms with Crippen LogP contribution in [-0.2, 0) is 5.88 Å². The second-order valence-electron chi connectivity index (χ2n) is 3.27. The van der Waals surface area contributed by atoms with E-state index in [2.05, 4.69) is 5.10 Å². The van der Waals surface area contributed by atoms with Crippen LogP contribution in [0.25, 0.3) is 5.69 Å². The number of halogens is 2. The quantitative estimate of drug-likeness (QED) is 0.735. The SMILES string of the molecule is Cc1ccn(-c2cccc(Cl)c2CCl)n1. The molecule has 1 heterocycles. The van der Waals surface area contributed by atoms with Gasteiger partial charge in [-0.05, 0) is 25.1 Å². The molecule has 2 nitrogen and oxygen atoms in total. The molecule has 0 spiro atoms. The monoisotopic (exact) mass is 240 g/mol. The lowest BCUT2D eigenvalue weighted by Gasteiger charge is -2.08. The maximum absolute atomic E-state index is 6.06. The summed E-state index contributed by atoms with van der Waals surface area (Å²) in [7, 11) is 0. The van der Waals surface area contributed by atoms with Crippen molar-refractivity contribution in [1.82, 2.24) is 9.78 Å². The van der Waals surface area contributed by atoms with Crippen molar-refractivity contribution in [3.05, 3.63) is 46.7 Å². The Kier molecular flexibility index (Phi) is 2.98. The fraction of sp³-hybridized carbons (Fsp3) is 0.182. The lowest BCUT2D eigenvalue weighted by molar-refractivity contribution is 0.854. The van der Waals surface area contributed by atoms with Crippen molar-refractivity contribution >= 4 is 23.2 Å². The van der Waals surface area contributed by atoms with E-state index in [-0.39, 0.29) is 0 Å². The summed E-state index contributed by atoms with van der Waals surface area (Å²) < 4.78 is 1.79. The van der Waals surface area contributed by atoms with Gasteiger partial charge in [0.2, 0.25) is 0 Å². The molecule has 0 amide bonds. The molecule has 1 aromatic carbocycles. The predicted molar refractivity (Wildman–Crippen MR) is 62.9 cm³/mol. The van der Waals surface area contributed by atoms with E-state index >= 15 is 0 Å². The zero-order chi connectivity index (χ0) is 10.8. The molecule has 0 aliphatic rings. The summed E-state index contributed by atoms with van der Waals surface area (Å²) >= 11 is 11.9. The van der Waals surface area contributed by atoms with Crippen LogP contribution < -0.4 is 0 Å². The largest absolute Gasteiger partial charge is 0.240 e. The van der Waals surface area contributed by atoms with Gasteiger partial charge in [0.15, 0.2) is 0 Å². The molecule has 0 fully saturated rings. The molecule has 0 saturated heterocycles. The van der Waals surface area contributed by atoms with Crippen molar-refractivity contribution in [1.29, 1.82) is 0 Å². The lowest BCUT2D eigenvalue weighted by atomic mass is 10.2. The van der Waals surface area contributed by atoms with Crippen molar-refractivity contribution in [3.8, 4) is 5.69 Å². The molecule has 0 radical (unpaired) electrons. The second kappa shape index (κ2) is 4.25. The van der Waals surface area contributed by atoms with Crippen LogP contribution in [0.4, 0.5) is 0 Å². The Morgan fingerprint density at radius 1 is 1.33 bits per heavy atom. The fourth-order valence-electron chi connectivity index (χ4n) is 1.44. The standard InChI is InChI=1S/C11H10Cl2N2/c1-8-5-6-15(14-8)11-4-2-3-10(13)9(11)7-12/h2-6H,7H2,1H3. The number of aromatic nitrogens is 2. The van der Waals surface area contributed by atoms with E-state index in [9.17, 15) is 0 Å². The van der Waals surface area contributed by atoms with E-state index in [4.69, 9.17) is 23.2 Å². The highest BCUT2D eigenvalue weighted by Crippen LogP contribution is 2.24. The molecule has 0 N–H and O–H groups in total. The van der Waals surface area contributed by atoms with Crippen molar-refractivity contribution in [2.24, 2.45) is 0 Å². The average Bonchev–Trinajstić information content (AvgIpc) is 2.64. The summed E-state index contributed by atoms with van der Waals surface area (Å²) in [5.74, 6) is 0.383. The smallest absolute Gasteiger partial charge is 0.0704 e. The number of hydrogen-bond donors (Lipinski definition) is 0. The Labute approximate surface area is 98.4 Å². The number of alkyl halides is 1. The topological polar surface area (TPSA) is 17.8 Å². The van der Waals surface area contributed by atoms with Crippen molar-refractivity contribution in [3.63, 3.8) is 0 Å². The third-order valence-corrected chi connectivity index (χ3v) is 2.82. The number of nitrogens with zero attached hydrogens (tertiary/aromatic N) is 2. The van der Waals surface area contributed by atoms with Gasteiger partial charge in [-0.15, -0.1) is 11.6 Å². The van der Waals surface area contributed by atoms with Gasteiger partial charge >= 0.3 is 0 Å². The molecule has 0 atom stereocenters. The van der Waals surface area contributed by atoms with E-state index in [1.807, 2.05) is 37.4 Å². The minimum Gasteiger partial charge on any atom is -0.240 e. The van der Waals surface area contributed by atoms with E-state index < -0.39 is 0 Å². The average molecular weight is 241 g/mol. The van der Waals surface area contributed by atoms with Crippen LogP contribution in [0.1, 0.15) is 11.3 Å². The fourth-order valence-corrected chi connectivity index (χ4v) is 2.03. The first-order valence-corrected chi connectivity index (χ1v) is 5.49. The highest BCUT2D eigenvalue weighted by molar-refractivity contribution is 6.32. The third-order valence-electron chi connectivity index (χ3n) is 2.20. The number of benzene rings is 1. The maximum Gasteiger partial charge on any atom is 0.0704 e. The number of rotatable bonds is 2. The number of hydrogen-bond acceptors (Lipinski definition) is 1. The van der Waals surface area contributed by atoms with Gasteiger partial charge in [0.1, 0.15) is 0 Å². The van der Waals surface area contributed by atoms with Crippen LogP contribution in [-0.4, -0.2) is 9.78 Å². The Bertz CT molecular complexity index is 477. The van der Waals surface area contributed by atoms with Crippen molar-refractivity contribution in [2.45, 2.75) is 12.8 Å². The van der Waals surface area contributed by atoms with E-state index in [0.717, 1.165) is 16.9 Å². The molecule has 0 aliphatic heterocycles. The molecule has 0 aliphatic carbocycles. The normalized spacial score (nSPS) is 10.6. The van der Waals surface area contributed by atoms with Gasteiger partial charge in [0, 0.05) is 16.8 Å². The molecule has 0 unspecified atom stereocenters. The summed E-state index contributed by atoms with van der Waals surface area (Å²) in [6.45, 7) is 1.95. The van der Waals surface area contributed by atoms with Crippen LogP contribution >= 0.6 is 23.2 Å². The predicted octanol–water partition coefficient (Wildman–Crippen LogP) is 3.57. The van der Waals surface area contributed by atoms with Crippen LogP contribution in [0.3, 0.4) is 0 Å². The maximum atomic E-state index is 6.06. The molecular weight excluding hydrogens is 231 g/mol. The molecule has 2 rings (SSSR count). The summed E-state index contributed by atoms with van der Waals surface area (Å²) in [4.78, 5) is 0. The number of aryl methyl sites for hydroxylation is 1. The van der Waals surface area contributed by atoms with Crippen molar-refractivity contribution < 1.29 is 0 Å². The van der Waals surface area contributed by atoms with Crippen LogP contribution in [0.5, 0.6) is 0 Å². The summed E-state index contributed by atoms with van der Waals surface area (Å²) in [5, 5.41) is 5.01. The zero-order valence-electron chi connectivity index (χ0n) is 8.24. The third kappa shape index (κ3) is 2.01. The Hall–Kier alpha value is -0.990. The first kappa shape index (κ1) is 10.5. The minimum absolute atomic E-state index is 0.383. The Morgan fingerprint density at radius 3 is 2.73 bits per heavy atom. The lowest BCUT2D eigenvalue weighted by Crippen LogP contribution is -1.99. The minimum atomic E-state index is 0.383. The highest BCUT2D eigenvalue weighted by Gasteiger charge is 2.08. The molecule has 1 aromatic heterocycles. The zero-order valence-corrected chi connectivity index (χ0v) is 9.76. The summed E-state index contributed by atoms with van der Waals surface area (Å²) in [5.41, 5.74) is 2.81. The van der Waals surface area contributed by atoms with Crippen LogP contribution in [0, 0.1) is 6.92 Å². The van der Waals surface area contributed by atoms with E-state index in [1.54, 1.807) is 4.68 Å². The molecule has 15 heavy (non-hydrogen) atoms. The Morgan fingerprint density at radius 2 is 2.13 bits per heavy atom. The summed E-state index contributed by atoms with van der Waals surface area (Å²) in [6, 6.07) is 7.62. The van der Waals surface area contributed by atoms with Gasteiger partial charge in [0.05, 0.1) is 17.3 Å². The van der Waals surface area contributed by atoms with Crippen LogP contribution in [0.2, 0.25) is 5.02 Å². The van der Waals surface area contributed by atoms with Gasteiger partial charge in [-0.1, -0.05) is 17.7 Å². The Balaban J connectivity index is 2.57. The van der Waals surface area contributed by atoms with E-state index in [1.165, 1.54) is 0 Å².